The highest BCUT2D eigenvalue weighted by Crippen LogP contribution is 2.05. The van der Waals surface area contributed by atoms with E-state index in [-0.39, 0.29) is 5.56 Å². The molecule has 2 heterocycles. The van der Waals surface area contributed by atoms with Gasteiger partial charge in [0, 0.05) is 18.3 Å². The van der Waals surface area contributed by atoms with Crippen LogP contribution in [0.4, 0.5) is 5.82 Å². The van der Waals surface area contributed by atoms with Crippen molar-refractivity contribution in [1.29, 1.82) is 0 Å². The Hall–Kier alpha value is -2.37. The summed E-state index contributed by atoms with van der Waals surface area (Å²) in [5.41, 5.74) is 6.23. The second-order valence-electron chi connectivity index (χ2n) is 3.46. The number of aromatic nitrogens is 3. The number of pyridine rings is 1. The number of nitrogens with two attached hydrogens (primary N) is 1. The maximum absolute atomic E-state index is 11.6. The van der Waals surface area contributed by atoms with Crippen LogP contribution in [-0.2, 0) is 6.54 Å². The third-order valence-electron chi connectivity index (χ3n) is 2.23. The minimum atomic E-state index is -0.193. The van der Waals surface area contributed by atoms with Gasteiger partial charge in [-0.1, -0.05) is 0 Å². The van der Waals surface area contributed by atoms with E-state index in [9.17, 15) is 4.79 Å². The molecule has 6 heteroatoms. The SMILES string of the molecule is COc1ccc(=O)n(Cc2ccnc(N)c2)n1. The van der Waals surface area contributed by atoms with E-state index in [0.717, 1.165) is 5.56 Å². The number of hydrogen-bond acceptors (Lipinski definition) is 5. The molecule has 88 valence electrons. The van der Waals surface area contributed by atoms with Gasteiger partial charge in [0.05, 0.1) is 13.7 Å². The molecule has 0 aliphatic carbocycles. The van der Waals surface area contributed by atoms with Gasteiger partial charge in [-0.25, -0.2) is 9.67 Å². The van der Waals surface area contributed by atoms with E-state index in [4.69, 9.17) is 10.5 Å². The fourth-order valence-electron chi connectivity index (χ4n) is 1.42. The lowest BCUT2D eigenvalue weighted by Crippen LogP contribution is -2.22. The van der Waals surface area contributed by atoms with Crippen molar-refractivity contribution in [2.75, 3.05) is 12.8 Å². The minimum Gasteiger partial charge on any atom is -0.480 e. The summed E-state index contributed by atoms with van der Waals surface area (Å²) in [7, 11) is 1.50. The molecule has 0 aliphatic heterocycles. The summed E-state index contributed by atoms with van der Waals surface area (Å²) in [4.78, 5) is 15.5. The van der Waals surface area contributed by atoms with Crippen LogP contribution in [0.25, 0.3) is 0 Å². The van der Waals surface area contributed by atoms with Crippen molar-refractivity contribution in [3.63, 3.8) is 0 Å². The first-order valence-electron chi connectivity index (χ1n) is 5.01. The van der Waals surface area contributed by atoms with Crippen LogP contribution in [0.2, 0.25) is 0 Å². The molecule has 0 amide bonds. The number of ether oxygens (including phenoxy) is 1. The number of nitrogen functional groups attached to an aromatic ring is 1. The van der Waals surface area contributed by atoms with Gasteiger partial charge < -0.3 is 10.5 Å². The lowest BCUT2D eigenvalue weighted by Gasteiger charge is -2.06. The van der Waals surface area contributed by atoms with Gasteiger partial charge in [0.15, 0.2) is 0 Å². The summed E-state index contributed by atoms with van der Waals surface area (Å²) in [5.74, 6) is 0.810. The highest BCUT2D eigenvalue weighted by Gasteiger charge is 2.02. The average molecular weight is 232 g/mol. The number of rotatable bonds is 3. The summed E-state index contributed by atoms with van der Waals surface area (Å²) in [5, 5.41) is 4.04. The van der Waals surface area contributed by atoms with E-state index >= 15 is 0 Å². The van der Waals surface area contributed by atoms with Crippen LogP contribution < -0.4 is 16.0 Å². The zero-order chi connectivity index (χ0) is 12.3. The summed E-state index contributed by atoms with van der Waals surface area (Å²) in [6.07, 6.45) is 1.59. The third kappa shape index (κ3) is 2.60. The Morgan fingerprint density at radius 3 is 2.94 bits per heavy atom. The molecule has 2 aromatic rings. The van der Waals surface area contributed by atoms with E-state index in [1.54, 1.807) is 18.3 Å². The van der Waals surface area contributed by atoms with E-state index in [0.29, 0.717) is 18.2 Å². The van der Waals surface area contributed by atoms with Crippen molar-refractivity contribution >= 4 is 5.82 Å². The highest BCUT2D eigenvalue weighted by molar-refractivity contribution is 5.31. The number of methoxy groups -OCH3 is 1. The second kappa shape index (κ2) is 4.65. The third-order valence-corrected chi connectivity index (χ3v) is 2.23. The summed E-state index contributed by atoms with van der Waals surface area (Å²) >= 11 is 0. The molecule has 2 N–H and O–H groups in total. The van der Waals surface area contributed by atoms with Crippen molar-refractivity contribution in [3.8, 4) is 5.88 Å². The summed E-state index contributed by atoms with van der Waals surface area (Å²) in [6, 6.07) is 6.42. The quantitative estimate of drug-likeness (QED) is 0.821. The monoisotopic (exact) mass is 232 g/mol. The molecule has 17 heavy (non-hydrogen) atoms. The van der Waals surface area contributed by atoms with Gasteiger partial charge in [0.1, 0.15) is 5.82 Å². The molecular formula is C11H12N4O2. The molecule has 0 unspecified atom stereocenters. The van der Waals surface area contributed by atoms with Crippen LogP contribution in [-0.4, -0.2) is 21.9 Å². The minimum absolute atomic E-state index is 0.193. The first-order chi connectivity index (χ1) is 8.19. The second-order valence-corrected chi connectivity index (χ2v) is 3.46. The molecule has 0 atom stereocenters. The first kappa shape index (κ1) is 11.1. The lowest BCUT2D eigenvalue weighted by atomic mass is 10.2. The molecule has 0 fully saturated rings. The van der Waals surface area contributed by atoms with Crippen molar-refractivity contribution in [1.82, 2.24) is 14.8 Å². The van der Waals surface area contributed by atoms with Crippen molar-refractivity contribution in [2.45, 2.75) is 6.54 Å². The average Bonchev–Trinajstić information content (AvgIpc) is 2.32. The van der Waals surface area contributed by atoms with Crippen molar-refractivity contribution in [2.24, 2.45) is 0 Å². The first-order valence-corrected chi connectivity index (χ1v) is 5.01. The number of anilines is 1. The zero-order valence-electron chi connectivity index (χ0n) is 9.33. The van der Waals surface area contributed by atoms with Crippen LogP contribution in [0.15, 0.2) is 35.3 Å². The molecular weight excluding hydrogens is 220 g/mol. The standard InChI is InChI=1S/C11H12N4O2/c1-17-10-2-3-11(16)15(14-10)7-8-4-5-13-9(12)6-8/h2-6H,7H2,1H3,(H2,12,13). The molecule has 6 nitrogen and oxygen atoms in total. The molecule has 0 radical (unpaired) electrons. The van der Waals surface area contributed by atoms with Crippen LogP contribution in [0.5, 0.6) is 5.88 Å². The van der Waals surface area contributed by atoms with Gasteiger partial charge in [-0.05, 0) is 17.7 Å². The lowest BCUT2D eigenvalue weighted by molar-refractivity contribution is 0.379. The fourth-order valence-corrected chi connectivity index (χ4v) is 1.42. The predicted molar refractivity (Wildman–Crippen MR) is 62.8 cm³/mol. The van der Waals surface area contributed by atoms with Crippen LogP contribution in [0, 0.1) is 0 Å². The van der Waals surface area contributed by atoms with E-state index in [2.05, 4.69) is 10.1 Å². The molecule has 0 aromatic carbocycles. The maximum atomic E-state index is 11.6. The molecule has 0 spiro atoms. The Bertz CT molecular complexity index is 580. The Kier molecular flexibility index (Phi) is 3.04. The Morgan fingerprint density at radius 1 is 1.41 bits per heavy atom. The molecule has 0 saturated heterocycles. The zero-order valence-corrected chi connectivity index (χ0v) is 9.33. The molecule has 0 saturated carbocycles. The largest absolute Gasteiger partial charge is 0.480 e. The smallest absolute Gasteiger partial charge is 0.267 e. The molecule has 0 bridgehead atoms. The molecule has 2 aromatic heterocycles. The van der Waals surface area contributed by atoms with E-state index < -0.39 is 0 Å². The highest BCUT2D eigenvalue weighted by atomic mass is 16.5. The van der Waals surface area contributed by atoms with Gasteiger partial charge in [-0.3, -0.25) is 4.79 Å². The van der Waals surface area contributed by atoms with Crippen molar-refractivity contribution in [3.05, 3.63) is 46.4 Å². The fraction of sp³-hybridized carbons (Fsp3) is 0.182. The van der Waals surface area contributed by atoms with E-state index in [1.165, 1.54) is 23.9 Å². The topological polar surface area (TPSA) is 83.0 Å². The number of nitrogens with zero attached hydrogens (tertiary/aromatic N) is 3. The van der Waals surface area contributed by atoms with Gasteiger partial charge in [0.25, 0.3) is 5.56 Å². The van der Waals surface area contributed by atoms with Crippen LogP contribution >= 0.6 is 0 Å². The van der Waals surface area contributed by atoms with Gasteiger partial charge in [-0.2, -0.15) is 0 Å². The Balaban J connectivity index is 2.32. The predicted octanol–water partition coefficient (Wildman–Crippen LogP) is 0.277. The van der Waals surface area contributed by atoms with E-state index in [1.807, 2.05) is 0 Å². The number of hydrogen-bond donors (Lipinski definition) is 1. The van der Waals surface area contributed by atoms with Crippen LogP contribution in [0.3, 0.4) is 0 Å². The van der Waals surface area contributed by atoms with Crippen molar-refractivity contribution < 1.29 is 4.74 Å². The van der Waals surface area contributed by atoms with Gasteiger partial charge in [-0.15, -0.1) is 5.10 Å². The van der Waals surface area contributed by atoms with Gasteiger partial charge >= 0.3 is 0 Å². The molecule has 0 aliphatic rings. The summed E-state index contributed by atoms with van der Waals surface area (Å²) in [6.45, 7) is 0.336. The van der Waals surface area contributed by atoms with Gasteiger partial charge in [0.2, 0.25) is 5.88 Å². The summed E-state index contributed by atoms with van der Waals surface area (Å²) < 4.78 is 6.28. The Morgan fingerprint density at radius 2 is 2.24 bits per heavy atom. The maximum Gasteiger partial charge on any atom is 0.267 e. The Labute approximate surface area is 97.7 Å². The normalized spacial score (nSPS) is 10.2. The van der Waals surface area contributed by atoms with Crippen LogP contribution in [0.1, 0.15) is 5.56 Å². The molecule has 2 rings (SSSR count).